The van der Waals surface area contributed by atoms with Crippen LogP contribution in [0.1, 0.15) is 30.5 Å². The van der Waals surface area contributed by atoms with E-state index in [0.717, 1.165) is 17.4 Å². The molecule has 2 aromatic rings. The van der Waals surface area contributed by atoms with E-state index in [1.165, 1.54) is 11.1 Å². The van der Waals surface area contributed by atoms with Gasteiger partial charge in [-0.1, -0.05) is 65.3 Å². The first-order valence-electron chi connectivity index (χ1n) is 6.32. The summed E-state index contributed by atoms with van der Waals surface area (Å²) >= 11 is 3.53. The fraction of sp³-hybridized carbons (Fsp3) is 0.250. The highest BCUT2D eigenvalue weighted by Crippen LogP contribution is 2.21. The zero-order chi connectivity index (χ0) is 12.8. The number of benzene rings is 2. The quantitative estimate of drug-likeness (QED) is 0.845. The summed E-state index contributed by atoms with van der Waals surface area (Å²) in [6, 6.07) is 19.4. The summed E-state index contributed by atoms with van der Waals surface area (Å²) in [5.74, 6) is 0. The van der Waals surface area contributed by atoms with Crippen molar-refractivity contribution in [2.45, 2.75) is 25.9 Å². The smallest absolute Gasteiger partial charge is 0.0321 e. The van der Waals surface area contributed by atoms with Gasteiger partial charge in [0.05, 0.1) is 0 Å². The third-order valence-electron chi connectivity index (χ3n) is 3.05. The van der Waals surface area contributed by atoms with Crippen molar-refractivity contribution in [1.82, 2.24) is 5.32 Å². The van der Waals surface area contributed by atoms with Gasteiger partial charge < -0.3 is 5.32 Å². The van der Waals surface area contributed by atoms with Crippen LogP contribution < -0.4 is 5.32 Å². The van der Waals surface area contributed by atoms with Gasteiger partial charge in [0.1, 0.15) is 0 Å². The fourth-order valence-corrected chi connectivity index (χ4v) is 2.48. The molecule has 94 valence electrons. The first-order valence-corrected chi connectivity index (χ1v) is 7.11. The van der Waals surface area contributed by atoms with Crippen molar-refractivity contribution in [3.05, 3.63) is 70.2 Å². The number of nitrogens with one attached hydrogen (secondary N) is 1. The van der Waals surface area contributed by atoms with E-state index in [1.807, 2.05) is 0 Å². The molecule has 0 bridgehead atoms. The van der Waals surface area contributed by atoms with E-state index in [9.17, 15) is 0 Å². The monoisotopic (exact) mass is 303 g/mol. The summed E-state index contributed by atoms with van der Waals surface area (Å²) in [7, 11) is 0. The van der Waals surface area contributed by atoms with Crippen LogP contribution in [0.2, 0.25) is 0 Å². The minimum absolute atomic E-state index is 0.405. The molecule has 0 saturated carbocycles. The molecule has 1 N–H and O–H groups in total. The molecule has 0 aliphatic heterocycles. The van der Waals surface area contributed by atoms with E-state index in [4.69, 9.17) is 0 Å². The standard InChI is InChI=1S/C16H18BrN/c1-2-16(14-9-6-10-15(17)11-14)18-12-13-7-4-3-5-8-13/h3-11,16,18H,2,12H2,1H3. The second kappa shape index (κ2) is 6.72. The maximum Gasteiger partial charge on any atom is 0.0321 e. The summed E-state index contributed by atoms with van der Waals surface area (Å²) in [6.45, 7) is 3.12. The van der Waals surface area contributed by atoms with Crippen molar-refractivity contribution in [3.63, 3.8) is 0 Å². The molecule has 0 spiro atoms. The predicted molar refractivity (Wildman–Crippen MR) is 80.5 cm³/mol. The predicted octanol–water partition coefficient (Wildman–Crippen LogP) is 4.69. The molecule has 1 nitrogen and oxygen atoms in total. The molecule has 0 heterocycles. The number of hydrogen-bond donors (Lipinski definition) is 1. The second-order valence-electron chi connectivity index (χ2n) is 4.38. The van der Waals surface area contributed by atoms with E-state index in [1.54, 1.807) is 0 Å². The van der Waals surface area contributed by atoms with Gasteiger partial charge in [-0.3, -0.25) is 0 Å². The van der Waals surface area contributed by atoms with Gasteiger partial charge in [-0.15, -0.1) is 0 Å². The van der Waals surface area contributed by atoms with Crippen LogP contribution in [0.4, 0.5) is 0 Å². The molecule has 0 radical (unpaired) electrons. The Kier molecular flexibility index (Phi) is 4.97. The first kappa shape index (κ1) is 13.3. The van der Waals surface area contributed by atoms with Crippen LogP contribution in [0.25, 0.3) is 0 Å². The van der Waals surface area contributed by atoms with Crippen molar-refractivity contribution in [2.24, 2.45) is 0 Å². The van der Waals surface area contributed by atoms with Gasteiger partial charge in [-0.25, -0.2) is 0 Å². The highest BCUT2D eigenvalue weighted by molar-refractivity contribution is 9.10. The Hall–Kier alpha value is -1.12. The van der Waals surface area contributed by atoms with E-state index < -0.39 is 0 Å². The molecule has 18 heavy (non-hydrogen) atoms. The highest BCUT2D eigenvalue weighted by atomic mass is 79.9. The lowest BCUT2D eigenvalue weighted by atomic mass is 10.0. The molecule has 0 saturated heterocycles. The maximum atomic E-state index is 3.61. The van der Waals surface area contributed by atoms with E-state index in [2.05, 4.69) is 82.8 Å². The molecule has 0 aliphatic rings. The Bertz CT molecular complexity index is 481. The topological polar surface area (TPSA) is 12.0 Å². The number of halogens is 1. The molecule has 0 fully saturated rings. The van der Waals surface area contributed by atoms with Gasteiger partial charge >= 0.3 is 0 Å². The van der Waals surface area contributed by atoms with Crippen molar-refractivity contribution >= 4 is 15.9 Å². The Balaban J connectivity index is 2.02. The minimum Gasteiger partial charge on any atom is -0.306 e. The van der Waals surface area contributed by atoms with Crippen LogP contribution in [0.3, 0.4) is 0 Å². The fourth-order valence-electron chi connectivity index (χ4n) is 2.06. The molecule has 0 amide bonds. The Morgan fingerprint density at radius 1 is 1.06 bits per heavy atom. The second-order valence-corrected chi connectivity index (χ2v) is 5.30. The normalized spacial score (nSPS) is 12.3. The van der Waals surface area contributed by atoms with E-state index in [0.29, 0.717) is 6.04 Å². The SMILES string of the molecule is CCC(NCc1ccccc1)c1cccc(Br)c1. The number of rotatable bonds is 5. The summed E-state index contributed by atoms with van der Waals surface area (Å²) in [4.78, 5) is 0. The van der Waals surface area contributed by atoms with Gasteiger partial charge in [0.25, 0.3) is 0 Å². The van der Waals surface area contributed by atoms with Gasteiger partial charge in [-0.05, 0) is 29.7 Å². The molecule has 2 aromatic carbocycles. The average Bonchev–Trinajstić information content (AvgIpc) is 2.41. The Morgan fingerprint density at radius 2 is 1.83 bits per heavy atom. The molecule has 0 aliphatic carbocycles. The molecule has 1 atom stereocenters. The van der Waals surface area contributed by atoms with Crippen molar-refractivity contribution in [2.75, 3.05) is 0 Å². The lowest BCUT2D eigenvalue weighted by Crippen LogP contribution is -2.20. The maximum absolute atomic E-state index is 3.61. The van der Waals surface area contributed by atoms with Crippen LogP contribution in [0, 0.1) is 0 Å². The van der Waals surface area contributed by atoms with Crippen LogP contribution in [0.15, 0.2) is 59.1 Å². The lowest BCUT2D eigenvalue weighted by Gasteiger charge is -2.17. The van der Waals surface area contributed by atoms with Crippen LogP contribution in [0.5, 0.6) is 0 Å². The average molecular weight is 304 g/mol. The van der Waals surface area contributed by atoms with Gasteiger partial charge in [0.15, 0.2) is 0 Å². The third kappa shape index (κ3) is 3.69. The third-order valence-corrected chi connectivity index (χ3v) is 3.55. The van der Waals surface area contributed by atoms with Crippen LogP contribution in [-0.2, 0) is 6.54 Å². The number of hydrogen-bond acceptors (Lipinski definition) is 1. The molecule has 1 unspecified atom stereocenters. The lowest BCUT2D eigenvalue weighted by molar-refractivity contribution is 0.519. The molecular weight excluding hydrogens is 286 g/mol. The highest BCUT2D eigenvalue weighted by Gasteiger charge is 2.08. The van der Waals surface area contributed by atoms with Crippen molar-refractivity contribution < 1.29 is 0 Å². The van der Waals surface area contributed by atoms with Gasteiger partial charge in [0, 0.05) is 17.1 Å². The summed E-state index contributed by atoms with van der Waals surface area (Å²) in [5.41, 5.74) is 2.66. The molecule has 2 heteroatoms. The summed E-state index contributed by atoms with van der Waals surface area (Å²) < 4.78 is 1.14. The first-order chi connectivity index (χ1) is 8.79. The Labute approximate surface area is 117 Å². The van der Waals surface area contributed by atoms with Crippen molar-refractivity contribution in [1.29, 1.82) is 0 Å². The summed E-state index contributed by atoms with van der Waals surface area (Å²) in [5, 5.41) is 3.61. The largest absolute Gasteiger partial charge is 0.306 e. The van der Waals surface area contributed by atoms with Crippen LogP contribution >= 0.6 is 15.9 Å². The van der Waals surface area contributed by atoms with Crippen molar-refractivity contribution in [3.8, 4) is 0 Å². The Morgan fingerprint density at radius 3 is 2.50 bits per heavy atom. The van der Waals surface area contributed by atoms with E-state index in [-0.39, 0.29) is 0 Å². The molecule has 0 aromatic heterocycles. The summed E-state index contributed by atoms with van der Waals surface area (Å²) in [6.07, 6.45) is 1.09. The van der Waals surface area contributed by atoms with Gasteiger partial charge in [0.2, 0.25) is 0 Å². The molecular formula is C16H18BrN. The zero-order valence-corrected chi connectivity index (χ0v) is 12.2. The zero-order valence-electron chi connectivity index (χ0n) is 10.6. The van der Waals surface area contributed by atoms with Crippen LogP contribution in [-0.4, -0.2) is 0 Å². The van der Waals surface area contributed by atoms with Gasteiger partial charge in [-0.2, -0.15) is 0 Å². The minimum atomic E-state index is 0.405. The molecule has 2 rings (SSSR count). The van der Waals surface area contributed by atoms with E-state index >= 15 is 0 Å².